The van der Waals surface area contributed by atoms with Gasteiger partial charge in [-0.25, -0.2) is 0 Å². The minimum atomic E-state index is -0.530. The summed E-state index contributed by atoms with van der Waals surface area (Å²) >= 11 is 0. The van der Waals surface area contributed by atoms with Crippen LogP contribution in [0.1, 0.15) is 15.9 Å². The normalized spacial score (nSPS) is 9.86. The van der Waals surface area contributed by atoms with Crippen LogP contribution >= 0.6 is 0 Å². The molecule has 0 bridgehead atoms. The van der Waals surface area contributed by atoms with Crippen molar-refractivity contribution in [2.24, 2.45) is 5.73 Å². The zero-order valence-corrected chi connectivity index (χ0v) is 7.99. The van der Waals surface area contributed by atoms with E-state index in [-0.39, 0.29) is 13.2 Å². The number of amides is 1. The fourth-order valence-corrected chi connectivity index (χ4v) is 1.11. The number of hydrogen-bond donors (Lipinski definition) is 2. The Kier molecular flexibility index (Phi) is 3.48. The molecule has 4 nitrogen and oxygen atoms in total. The summed E-state index contributed by atoms with van der Waals surface area (Å²) in [6, 6.07) is 5.12. The Morgan fingerprint density at radius 3 is 2.86 bits per heavy atom. The first-order valence-corrected chi connectivity index (χ1v) is 4.29. The number of benzene rings is 1. The molecule has 4 heteroatoms. The largest absolute Gasteiger partial charge is 0.490 e. The van der Waals surface area contributed by atoms with Gasteiger partial charge in [0.15, 0.2) is 0 Å². The Bertz CT molecular complexity index is 336. The summed E-state index contributed by atoms with van der Waals surface area (Å²) in [7, 11) is 0. The van der Waals surface area contributed by atoms with Crippen LogP contribution < -0.4 is 10.5 Å². The Labute approximate surface area is 82.3 Å². The van der Waals surface area contributed by atoms with E-state index >= 15 is 0 Å². The monoisotopic (exact) mass is 195 g/mol. The van der Waals surface area contributed by atoms with Gasteiger partial charge in [-0.05, 0) is 24.6 Å². The molecule has 0 aromatic heterocycles. The predicted octanol–water partition coefficient (Wildman–Crippen LogP) is 0.465. The molecule has 0 aliphatic rings. The summed E-state index contributed by atoms with van der Waals surface area (Å²) in [4.78, 5) is 11.0. The molecule has 0 heterocycles. The molecule has 14 heavy (non-hydrogen) atoms. The average Bonchev–Trinajstić information content (AvgIpc) is 2.14. The van der Waals surface area contributed by atoms with Crippen molar-refractivity contribution < 1.29 is 14.6 Å². The maximum Gasteiger partial charge on any atom is 0.252 e. The lowest BCUT2D eigenvalue weighted by Gasteiger charge is -2.08. The number of aryl methyl sites for hydroxylation is 1. The van der Waals surface area contributed by atoms with Gasteiger partial charge in [0.2, 0.25) is 0 Å². The van der Waals surface area contributed by atoms with Gasteiger partial charge in [-0.2, -0.15) is 0 Å². The fourth-order valence-electron chi connectivity index (χ4n) is 1.11. The predicted molar refractivity (Wildman–Crippen MR) is 52.3 cm³/mol. The maximum atomic E-state index is 11.0. The van der Waals surface area contributed by atoms with Gasteiger partial charge in [-0.3, -0.25) is 4.79 Å². The zero-order chi connectivity index (χ0) is 10.6. The van der Waals surface area contributed by atoms with Crippen LogP contribution in [0.25, 0.3) is 0 Å². The molecule has 3 N–H and O–H groups in total. The topological polar surface area (TPSA) is 72.6 Å². The van der Waals surface area contributed by atoms with Gasteiger partial charge in [0.05, 0.1) is 12.2 Å². The average molecular weight is 195 g/mol. The van der Waals surface area contributed by atoms with Crippen LogP contribution in [0.4, 0.5) is 0 Å². The zero-order valence-electron chi connectivity index (χ0n) is 7.99. The third kappa shape index (κ3) is 2.47. The molecule has 0 spiro atoms. The number of rotatable bonds is 4. The molecule has 1 amide bonds. The number of primary amides is 1. The minimum Gasteiger partial charge on any atom is -0.490 e. The van der Waals surface area contributed by atoms with Crippen molar-refractivity contribution in [2.75, 3.05) is 13.2 Å². The van der Waals surface area contributed by atoms with E-state index in [0.29, 0.717) is 11.3 Å². The SMILES string of the molecule is Cc1ccc(C(N)=O)c(OCCO)c1. The van der Waals surface area contributed by atoms with Crippen LogP contribution in [-0.2, 0) is 0 Å². The van der Waals surface area contributed by atoms with Crippen molar-refractivity contribution in [3.05, 3.63) is 29.3 Å². The molecule has 0 radical (unpaired) electrons. The smallest absolute Gasteiger partial charge is 0.252 e. The van der Waals surface area contributed by atoms with Gasteiger partial charge in [-0.15, -0.1) is 0 Å². The van der Waals surface area contributed by atoms with Crippen molar-refractivity contribution in [3.8, 4) is 5.75 Å². The van der Waals surface area contributed by atoms with Gasteiger partial charge in [0.25, 0.3) is 5.91 Å². The van der Waals surface area contributed by atoms with Crippen molar-refractivity contribution in [1.29, 1.82) is 0 Å². The number of hydrogen-bond acceptors (Lipinski definition) is 3. The molecule has 0 fully saturated rings. The van der Waals surface area contributed by atoms with E-state index < -0.39 is 5.91 Å². The van der Waals surface area contributed by atoms with Gasteiger partial charge in [-0.1, -0.05) is 6.07 Å². The summed E-state index contributed by atoms with van der Waals surface area (Å²) in [5.41, 5.74) is 6.47. The molecule has 1 aromatic rings. The molecule has 0 atom stereocenters. The lowest BCUT2D eigenvalue weighted by Crippen LogP contribution is -2.14. The highest BCUT2D eigenvalue weighted by atomic mass is 16.5. The number of carbonyl (C=O) groups is 1. The molecular formula is C10H13NO3. The number of carbonyl (C=O) groups excluding carboxylic acids is 1. The van der Waals surface area contributed by atoms with Crippen molar-refractivity contribution in [3.63, 3.8) is 0 Å². The second-order valence-corrected chi connectivity index (χ2v) is 2.94. The summed E-state index contributed by atoms with van der Waals surface area (Å²) < 4.78 is 5.18. The second-order valence-electron chi connectivity index (χ2n) is 2.94. The molecule has 0 saturated carbocycles. The third-order valence-electron chi connectivity index (χ3n) is 1.75. The standard InChI is InChI=1S/C10H13NO3/c1-7-2-3-8(10(11)13)9(6-7)14-5-4-12/h2-3,6,12H,4-5H2,1H3,(H2,11,13). The number of ether oxygens (including phenoxy) is 1. The first-order chi connectivity index (χ1) is 6.65. The quantitative estimate of drug-likeness (QED) is 0.733. The van der Waals surface area contributed by atoms with E-state index in [1.165, 1.54) is 0 Å². The summed E-state index contributed by atoms with van der Waals surface area (Å²) in [5, 5.41) is 8.59. The number of aliphatic hydroxyl groups excluding tert-OH is 1. The molecule has 0 aliphatic heterocycles. The highest BCUT2D eigenvalue weighted by Gasteiger charge is 2.08. The molecular weight excluding hydrogens is 182 g/mol. The lowest BCUT2D eigenvalue weighted by molar-refractivity contribution is 0.0994. The first-order valence-electron chi connectivity index (χ1n) is 4.29. The van der Waals surface area contributed by atoms with Gasteiger partial charge in [0, 0.05) is 0 Å². The molecule has 0 aliphatic carbocycles. The highest BCUT2D eigenvalue weighted by Crippen LogP contribution is 2.19. The minimum absolute atomic E-state index is 0.0911. The van der Waals surface area contributed by atoms with E-state index in [2.05, 4.69) is 0 Å². The summed E-state index contributed by atoms with van der Waals surface area (Å²) in [6.07, 6.45) is 0. The molecule has 0 unspecified atom stereocenters. The van der Waals surface area contributed by atoms with Crippen LogP contribution in [0.5, 0.6) is 5.75 Å². The molecule has 1 rings (SSSR count). The summed E-state index contributed by atoms with van der Waals surface area (Å²) in [5.74, 6) is -0.107. The van der Waals surface area contributed by atoms with Gasteiger partial charge < -0.3 is 15.6 Å². The van der Waals surface area contributed by atoms with Crippen LogP contribution in [0.3, 0.4) is 0 Å². The van der Waals surface area contributed by atoms with Crippen LogP contribution in [0, 0.1) is 6.92 Å². The van der Waals surface area contributed by atoms with Gasteiger partial charge >= 0.3 is 0 Å². The Morgan fingerprint density at radius 1 is 1.57 bits per heavy atom. The number of aliphatic hydroxyl groups is 1. The molecule has 1 aromatic carbocycles. The van der Waals surface area contributed by atoms with Crippen molar-refractivity contribution >= 4 is 5.91 Å². The lowest BCUT2D eigenvalue weighted by atomic mass is 10.1. The number of nitrogens with two attached hydrogens (primary N) is 1. The van der Waals surface area contributed by atoms with Crippen LogP contribution in [-0.4, -0.2) is 24.2 Å². The summed E-state index contributed by atoms with van der Waals surface area (Å²) in [6.45, 7) is 1.95. The molecule has 76 valence electrons. The third-order valence-corrected chi connectivity index (χ3v) is 1.75. The van der Waals surface area contributed by atoms with Crippen LogP contribution in [0.15, 0.2) is 18.2 Å². The van der Waals surface area contributed by atoms with Crippen molar-refractivity contribution in [1.82, 2.24) is 0 Å². The fraction of sp³-hybridized carbons (Fsp3) is 0.300. The van der Waals surface area contributed by atoms with E-state index in [9.17, 15) is 4.79 Å². The van der Waals surface area contributed by atoms with Crippen molar-refractivity contribution in [2.45, 2.75) is 6.92 Å². The van der Waals surface area contributed by atoms with E-state index in [0.717, 1.165) is 5.56 Å². The highest BCUT2D eigenvalue weighted by molar-refractivity contribution is 5.95. The van der Waals surface area contributed by atoms with E-state index in [1.54, 1.807) is 18.2 Å². The Balaban J connectivity index is 2.97. The first kappa shape index (κ1) is 10.5. The van der Waals surface area contributed by atoms with E-state index in [1.807, 2.05) is 6.92 Å². The maximum absolute atomic E-state index is 11.0. The molecule has 0 saturated heterocycles. The Morgan fingerprint density at radius 2 is 2.29 bits per heavy atom. The second kappa shape index (κ2) is 4.62. The van der Waals surface area contributed by atoms with E-state index in [4.69, 9.17) is 15.6 Å². The van der Waals surface area contributed by atoms with Gasteiger partial charge in [0.1, 0.15) is 12.4 Å². The van der Waals surface area contributed by atoms with Crippen LogP contribution in [0.2, 0.25) is 0 Å². The Hall–Kier alpha value is -1.55.